The molecule has 21 heavy (non-hydrogen) atoms. The minimum Gasteiger partial charge on any atom is -0.490 e. The molecule has 4 nitrogen and oxygen atoms in total. The van der Waals surface area contributed by atoms with Crippen molar-refractivity contribution >= 4 is 15.9 Å². The number of methoxy groups -OCH3 is 1. The van der Waals surface area contributed by atoms with Crippen LogP contribution in [0.2, 0.25) is 0 Å². The fourth-order valence-electron chi connectivity index (χ4n) is 1.46. The molecular formula is C13H16BrF3O4. The van der Waals surface area contributed by atoms with Crippen LogP contribution in [0.15, 0.2) is 22.7 Å². The first kappa shape index (κ1) is 18.2. The van der Waals surface area contributed by atoms with Gasteiger partial charge in [0, 0.05) is 7.11 Å². The van der Waals surface area contributed by atoms with Crippen molar-refractivity contribution in [2.75, 3.05) is 33.5 Å². The molecular weight excluding hydrogens is 357 g/mol. The molecule has 0 radical (unpaired) electrons. The summed E-state index contributed by atoms with van der Waals surface area (Å²) in [6.07, 6.45) is -5.55. The average molecular weight is 373 g/mol. The molecule has 120 valence electrons. The van der Waals surface area contributed by atoms with E-state index in [0.29, 0.717) is 29.0 Å². The lowest BCUT2D eigenvalue weighted by Gasteiger charge is -2.15. The smallest absolute Gasteiger partial charge is 0.411 e. The van der Waals surface area contributed by atoms with Gasteiger partial charge in [-0.05, 0) is 33.6 Å². The summed E-state index contributed by atoms with van der Waals surface area (Å²) in [6.45, 7) is -1.02. The molecule has 0 aliphatic carbocycles. The van der Waals surface area contributed by atoms with Crippen LogP contribution in [0.3, 0.4) is 0 Å². The number of halogens is 4. The van der Waals surface area contributed by atoms with E-state index in [9.17, 15) is 18.3 Å². The van der Waals surface area contributed by atoms with Crippen LogP contribution in [0.5, 0.6) is 5.75 Å². The maximum atomic E-state index is 11.9. The second-order valence-corrected chi connectivity index (χ2v) is 5.03. The van der Waals surface area contributed by atoms with E-state index in [0.717, 1.165) is 0 Å². The Bertz CT molecular complexity index is 440. The SMILES string of the molecule is COCCOc1ccc(C(O)COCC(F)(F)F)cc1Br. The van der Waals surface area contributed by atoms with Gasteiger partial charge in [0.25, 0.3) is 0 Å². The lowest BCUT2D eigenvalue weighted by atomic mass is 10.1. The summed E-state index contributed by atoms with van der Waals surface area (Å²) >= 11 is 3.27. The highest BCUT2D eigenvalue weighted by molar-refractivity contribution is 9.10. The summed E-state index contributed by atoms with van der Waals surface area (Å²) in [4.78, 5) is 0. The number of ether oxygens (including phenoxy) is 3. The highest BCUT2D eigenvalue weighted by Crippen LogP contribution is 2.28. The normalized spacial score (nSPS) is 13.2. The summed E-state index contributed by atoms with van der Waals surface area (Å²) in [5.41, 5.74) is 0.433. The minimum atomic E-state index is -4.40. The second-order valence-electron chi connectivity index (χ2n) is 4.18. The number of alkyl halides is 3. The molecule has 0 spiro atoms. The number of rotatable bonds is 8. The Hall–Kier alpha value is -0.830. The van der Waals surface area contributed by atoms with Gasteiger partial charge in [0.15, 0.2) is 0 Å². The van der Waals surface area contributed by atoms with E-state index >= 15 is 0 Å². The fourth-order valence-corrected chi connectivity index (χ4v) is 1.97. The van der Waals surface area contributed by atoms with Crippen molar-refractivity contribution < 1.29 is 32.5 Å². The Morgan fingerprint density at radius 3 is 2.57 bits per heavy atom. The molecule has 0 aliphatic rings. The van der Waals surface area contributed by atoms with E-state index in [2.05, 4.69) is 20.7 Å². The summed E-state index contributed by atoms with van der Waals surface area (Å²) in [6, 6.07) is 4.75. The molecule has 0 saturated carbocycles. The third-order valence-electron chi connectivity index (χ3n) is 2.43. The van der Waals surface area contributed by atoms with Gasteiger partial charge in [-0.15, -0.1) is 0 Å². The van der Waals surface area contributed by atoms with Crippen molar-refractivity contribution in [1.82, 2.24) is 0 Å². The minimum absolute atomic E-state index is 0.367. The summed E-state index contributed by atoms with van der Waals surface area (Å²) in [5, 5.41) is 9.77. The predicted octanol–water partition coefficient (Wildman–Crippen LogP) is 3.09. The molecule has 1 aromatic rings. The van der Waals surface area contributed by atoms with Gasteiger partial charge in [-0.25, -0.2) is 0 Å². The van der Waals surface area contributed by atoms with Gasteiger partial charge in [0.2, 0.25) is 0 Å². The molecule has 1 unspecified atom stereocenters. The monoisotopic (exact) mass is 372 g/mol. The highest BCUT2D eigenvalue weighted by Gasteiger charge is 2.27. The quantitative estimate of drug-likeness (QED) is 0.712. The summed E-state index contributed by atoms with van der Waals surface area (Å²) in [5.74, 6) is 0.555. The molecule has 0 amide bonds. The van der Waals surface area contributed by atoms with E-state index < -0.39 is 25.5 Å². The molecule has 0 aliphatic heterocycles. The zero-order chi connectivity index (χ0) is 15.9. The Kier molecular flexibility index (Phi) is 7.44. The van der Waals surface area contributed by atoms with E-state index in [4.69, 9.17) is 9.47 Å². The first-order valence-electron chi connectivity index (χ1n) is 6.07. The fraction of sp³-hybridized carbons (Fsp3) is 0.538. The van der Waals surface area contributed by atoms with Gasteiger partial charge >= 0.3 is 6.18 Å². The lowest BCUT2D eigenvalue weighted by Crippen LogP contribution is -2.19. The number of hydrogen-bond acceptors (Lipinski definition) is 4. The first-order valence-corrected chi connectivity index (χ1v) is 6.86. The topological polar surface area (TPSA) is 47.9 Å². The van der Waals surface area contributed by atoms with Gasteiger partial charge in [-0.1, -0.05) is 6.07 Å². The Morgan fingerprint density at radius 1 is 1.29 bits per heavy atom. The van der Waals surface area contributed by atoms with Crippen molar-refractivity contribution in [3.8, 4) is 5.75 Å². The number of aliphatic hydroxyl groups excluding tert-OH is 1. The van der Waals surface area contributed by atoms with Crippen LogP contribution in [0, 0.1) is 0 Å². The van der Waals surface area contributed by atoms with Crippen molar-refractivity contribution in [3.63, 3.8) is 0 Å². The molecule has 1 N–H and O–H groups in total. The van der Waals surface area contributed by atoms with Crippen LogP contribution in [0.1, 0.15) is 11.7 Å². The van der Waals surface area contributed by atoms with E-state index in [1.54, 1.807) is 25.3 Å². The van der Waals surface area contributed by atoms with Crippen LogP contribution in [0.25, 0.3) is 0 Å². The first-order chi connectivity index (χ1) is 9.83. The summed E-state index contributed by atoms with van der Waals surface area (Å²) in [7, 11) is 1.55. The standard InChI is InChI=1S/C13H16BrF3O4/c1-19-4-5-21-12-3-2-9(6-10(12)14)11(18)7-20-8-13(15,16)17/h2-3,6,11,18H,4-5,7-8H2,1H3. The van der Waals surface area contributed by atoms with E-state index in [1.165, 1.54) is 0 Å². The van der Waals surface area contributed by atoms with E-state index in [-0.39, 0.29) is 0 Å². The van der Waals surface area contributed by atoms with E-state index in [1.807, 2.05) is 0 Å². The van der Waals surface area contributed by atoms with Crippen molar-refractivity contribution in [2.45, 2.75) is 12.3 Å². The van der Waals surface area contributed by atoms with Crippen LogP contribution in [0.4, 0.5) is 13.2 Å². The zero-order valence-electron chi connectivity index (χ0n) is 11.3. The highest BCUT2D eigenvalue weighted by atomic mass is 79.9. The van der Waals surface area contributed by atoms with Crippen molar-refractivity contribution in [1.29, 1.82) is 0 Å². The van der Waals surface area contributed by atoms with Crippen LogP contribution >= 0.6 is 15.9 Å². The molecule has 8 heteroatoms. The molecule has 0 saturated heterocycles. The lowest BCUT2D eigenvalue weighted by molar-refractivity contribution is -0.179. The molecule has 0 aromatic heterocycles. The second kappa shape index (κ2) is 8.57. The molecule has 0 fully saturated rings. The maximum absolute atomic E-state index is 11.9. The van der Waals surface area contributed by atoms with Crippen LogP contribution < -0.4 is 4.74 Å². The van der Waals surface area contributed by atoms with Crippen molar-refractivity contribution in [3.05, 3.63) is 28.2 Å². The van der Waals surface area contributed by atoms with Gasteiger partial charge in [0.1, 0.15) is 25.1 Å². The summed E-state index contributed by atoms with van der Waals surface area (Å²) < 4.78 is 51.1. The molecule has 1 atom stereocenters. The largest absolute Gasteiger partial charge is 0.490 e. The van der Waals surface area contributed by atoms with Gasteiger partial charge < -0.3 is 19.3 Å². The molecule has 1 rings (SSSR count). The van der Waals surface area contributed by atoms with Crippen molar-refractivity contribution in [2.24, 2.45) is 0 Å². The third-order valence-corrected chi connectivity index (χ3v) is 3.05. The molecule has 1 aromatic carbocycles. The zero-order valence-corrected chi connectivity index (χ0v) is 12.9. The maximum Gasteiger partial charge on any atom is 0.411 e. The third kappa shape index (κ3) is 7.12. The molecule has 0 bridgehead atoms. The number of aliphatic hydroxyl groups is 1. The Balaban J connectivity index is 2.53. The van der Waals surface area contributed by atoms with Crippen LogP contribution in [-0.4, -0.2) is 44.8 Å². The number of benzene rings is 1. The van der Waals surface area contributed by atoms with Gasteiger partial charge in [-0.2, -0.15) is 13.2 Å². The Morgan fingerprint density at radius 2 is 2.00 bits per heavy atom. The molecule has 0 heterocycles. The average Bonchev–Trinajstić information content (AvgIpc) is 2.39. The van der Waals surface area contributed by atoms with Crippen LogP contribution in [-0.2, 0) is 9.47 Å². The number of hydrogen-bond donors (Lipinski definition) is 1. The van der Waals surface area contributed by atoms with Gasteiger partial charge in [0.05, 0.1) is 17.7 Å². The van der Waals surface area contributed by atoms with Gasteiger partial charge in [-0.3, -0.25) is 0 Å². The predicted molar refractivity (Wildman–Crippen MR) is 73.3 cm³/mol. The Labute approximate surface area is 128 Å².